The molecule has 0 saturated heterocycles. The van der Waals surface area contributed by atoms with Crippen molar-refractivity contribution in [3.63, 3.8) is 0 Å². The first kappa shape index (κ1) is 20.9. The maximum atomic E-state index is 12.6. The molecule has 0 radical (unpaired) electrons. The van der Waals surface area contributed by atoms with E-state index in [9.17, 15) is 9.59 Å². The molecule has 0 bridgehead atoms. The summed E-state index contributed by atoms with van der Waals surface area (Å²) < 4.78 is 11.3. The summed E-state index contributed by atoms with van der Waals surface area (Å²) >= 11 is 3.27. The van der Waals surface area contributed by atoms with Gasteiger partial charge >= 0.3 is 12.1 Å². The molecular formula is C21H21BrN2O5. The van der Waals surface area contributed by atoms with Gasteiger partial charge in [0.25, 0.3) is 0 Å². The predicted molar refractivity (Wildman–Crippen MR) is 110 cm³/mol. The zero-order valence-corrected chi connectivity index (χ0v) is 17.2. The monoisotopic (exact) mass is 460 g/mol. The van der Waals surface area contributed by atoms with E-state index >= 15 is 0 Å². The van der Waals surface area contributed by atoms with Gasteiger partial charge in [0, 0.05) is 12.8 Å². The van der Waals surface area contributed by atoms with Crippen LogP contribution < -0.4 is 5.32 Å². The number of nitrogens with zero attached hydrogens (tertiary/aromatic N) is 1. The maximum Gasteiger partial charge on any atom is 0.408 e. The third-order valence-corrected chi connectivity index (χ3v) is 4.68. The Morgan fingerprint density at radius 1 is 1.03 bits per heavy atom. The number of hydrogen-bond donors (Lipinski definition) is 1. The number of oxime groups is 1. The van der Waals surface area contributed by atoms with Crippen molar-refractivity contribution in [2.24, 2.45) is 5.16 Å². The number of benzene rings is 2. The number of rotatable bonds is 8. The summed E-state index contributed by atoms with van der Waals surface area (Å²) in [6, 6.07) is 17.7. The van der Waals surface area contributed by atoms with E-state index in [4.69, 9.17) is 14.3 Å². The molecule has 0 saturated carbocycles. The summed E-state index contributed by atoms with van der Waals surface area (Å²) in [5.41, 5.74) is 1.71. The quantitative estimate of drug-likeness (QED) is 0.603. The van der Waals surface area contributed by atoms with Gasteiger partial charge in [0.05, 0.1) is 0 Å². The molecule has 2 aromatic rings. The van der Waals surface area contributed by atoms with Crippen molar-refractivity contribution < 1.29 is 23.9 Å². The fraction of sp³-hybridized carbons (Fsp3) is 0.286. The second-order valence-corrected chi connectivity index (χ2v) is 7.40. The molecule has 7 nitrogen and oxygen atoms in total. The standard InChI is InChI=1S/C21H21BrN2O5/c22-19-12-17(29-24-19)11-18(20(25)27-13-15-7-3-1-4-8-15)23-21(26)28-14-16-9-5-2-6-10-16/h1-10,17-18H,11-14H2,(H,23,26)/t17?,18-/m0/s1. The predicted octanol–water partition coefficient (Wildman–Crippen LogP) is 3.91. The Kier molecular flexibility index (Phi) is 7.63. The highest BCUT2D eigenvalue weighted by molar-refractivity contribution is 9.18. The van der Waals surface area contributed by atoms with Crippen LogP contribution in [0.2, 0.25) is 0 Å². The highest BCUT2D eigenvalue weighted by Gasteiger charge is 2.30. The van der Waals surface area contributed by atoms with E-state index < -0.39 is 18.1 Å². The van der Waals surface area contributed by atoms with Crippen LogP contribution in [0.25, 0.3) is 0 Å². The van der Waals surface area contributed by atoms with Gasteiger partial charge in [-0.2, -0.15) is 0 Å². The summed E-state index contributed by atoms with van der Waals surface area (Å²) in [6.45, 7) is 0.218. The molecule has 1 amide bonds. The zero-order chi connectivity index (χ0) is 20.5. The molecule has 0 fully saturated rings. The lowest BCUT2D eigenvalue weighted by atomic mass is 10.1. The molecule has 1 heterocycles. The van der Waals surface area contributed by atoms with Gasteiger partial charge in [-0.15, -0.1) is 0 Å². The number of ether oxygens (including phenoxy) is 2. The normalized spacial score (nSPS) is 16.3. The number of nitrogens with one attached hydrogen (secondary N) is 1. The maximum absolute atomic E-state index is 12.6. The smallest absolute Gasteiger partial charge is 0.408 e. The van der Waals surface area contributed by atoms with Gasteiger partial charge in [-0.05, 0) is 27.1 Å². The molecule has 152 valence electrons. The lowest BCUT2D eigenvalue weighted by molar-refractivity contribution is -0.148. The van der Waals surface area contributed by atoms with Crippen LogP contribution in [0, 0.1) is 0 Å². The molecular weight excluding hydrogens is 440 g/mol. The third kappa shape index (κ3) is 6.90. The highest BCUT2D eigenvalue weighted by Crippen LogP contribution is 2.19. The van der Waals surface area contributed by atoms with Crippen molar-refractivity contribution in [3.8, 4) is 0 Å². The minimum absolute atomic E-state index is 0.104. The summed E-state index contributed by atoms with van der Waals surface area (Å²) in [4.78, 5) is 30.1. The molecule has 1 aliphatic heterocycles. The number of carbonyl (C=O) groups is 2. The van der Waals surface area contributed by atoms with Gasteiger partial charge in [-0.3, -0.25) is 0 Å². The van der Waals surface area contributed by atoms with Crippen LogP contribution in [-0.2, 0) is 32.3 Å². The zero-order valence-electron chi connectivity index (χ0n) is 15.6. The average Bonchev–Trinajstić information content (AvgIpc) is 3.16. The number of esters is 1. The Morgan fingerprint density at radius 3 is 2.17 bits per heavy atom. The van der Waals surface area contributed by atoms with E-state index in [2.05, 4.69) is 26.4 Å². The van der Waals surface area contributed by atoms with E-state index in [0.29, 0.717) is 11.0 Å². The van der Waals surface area contributed by atoms with Gasteiger partial charge < -0.3 is 19.6 Å². The van der Waals surface area contributed by atoms with Crippen molar-refractivity contribution in [1.29, 1.82) is 0 Å². The molecule has 2 atom stereocenters. The molecule has 0 aromatic heterocycles. The molecule has 3 rings (SSSR count). The lowest BCUT2D eigenvalue weighted by Gasteiger charge is -2.19. The Hall–Kier alpha value is -2.87. The van der Waals surface area contributed by atoms with Gasteiger partial charge in [-0.25, -0.2) is 9.59 Å². The van der Waals surface area contributed by atoms with Crippen molar-refractivity contribution in [1.82, 2.24) is 5.32 Å². The van der Waals surface area contributed by atoms with Crippen LogP contribution in [0.3, 0.4) is 0 Å². The van der Waals surface area contributed by atoms with Crippen LogP contribution in [-0.4, -0.2) is 28.8 Å². The van der Waals surface area contributed by atoms with E-state index in [1.54, 1.807) is 0 Å². The Bertz CT molecular complexity index is 845. The second-order valence-electron chi connectivity index (χ2n) is 6.49. The van der Waals surface area contributed by atoms with Gasteiger partial charge in [0.1, 0.15) is 30.0 Å². The highest BCUT2D eigenvalue weighted by atomic mass is 79.9. The third-order valence-electron chi connectivity index (χ3n) is 4.21. The summed E-state index contributed by atoms with van der Waals surface area (Å²) in [7, 11) is 0. The minimum Gasteiger partial charge on any atom is -0.459 e. The van der Waals surface area contributed by atoms with Crippen molar-refractivity contribution in [2.45, 2.75) is 38.2 Å². The molecule has 1 N–H and O–H groups in total. The van der Waals surface area contributed by atoms with E-state index in [-0.39, 0.29) is 25.7 Å². The average molecular weight is 461 g/mol. The van der Waals surface area contributed by atoms with E-state index in [0.717, 1.165) is 11.1 Å². The molecule has 0 spiro atoms. The molecule has 1 unspecified atom stereocenters. The number of hydrogen-bond acceptors (Lipinski definition) is 6. The van der Waals surface area contributed by atoms with Crippen LogP contribution in [0.4, 0.5) is 4.79 Å². The summed E-state index contributed by atoms with van der Waals surface area (Å²) in [5.74, 6) is -0.558. The largest absolute Gasteiger partial charge is 0.459 e. The first-order valence-electron chi connectivity index (χ1n) is 9.16. The number of halogens is 1. The Balaban J connectivity index is 1.55. The topological polar surface area (TPSA) is 86.2 Å². The van der Waals surface area contributed by atoms with Gasteiger partial charge in [-0.1, -0.05) is 65.8 Å². The fourth-order valence-corrected chi connectivity index (χ4v) is 3.18. The number of amides is 1. The summed E-state index contributed by atoms with van der Waals surface area (Å²) in [5, 5.41) is 6.40. The van der Waals surface area contributed by atoms with Crippen molar-refractivity contribution in [3.05, 3.63) is 71.8 Å². The van der Waals surface area contributed by atoms with Crippen LogP contribution in [0.5, 0.6) is 0 Å². The first-order chi connectivity index (χ1) is 14.1. The van der Waals surface area contributed by atoms with E-state index in [1.807, 2.05) is 60.7 Å². The molecule has 8 heteroatoms. The second kappa shape index (κ2) is 10.6. The van der Waals surface area contributed by atoms with Crippen molar-refractivity contribution >= 4 is 32.6 Å². The minimum atomic E-state index is -0.916. The van der Waals surface area contributed by atoms with Crippen LogP contribution in [0.15, 0.2) is 65.8 Å². The van der Waals surface area contributed by atoms with Gasteiger partial charge in [0.2, 0.25) is 0 Å². The molecule has 1 aliphatic rings. The number of alkyl carbamates (subject to hydrolysis) is 1. The Labute approximate surface area is 177 Å². The van der Waals surface area contributed by atoms with Gasteiger partial charge in [0.15, 0.2) is 0 Å². The van der Waals surface area contributed by atoms with Crippen molar-refractivity contribution in [2.75, 3.05) is 0 Å². The molecule has 0 aliphatic carbocycles. The fourth-order valence-electron chi connectivity index (χ4n) is 2.73. The molecule has 2 aromatic carbocycles. The lowest BCUT2D eigenvalue weighted by Crippen LogP contribution is -2.44. The molecule has 29 heavy (non-hydrogen) atoms. The van der Waals surface area contributed by atoms with Crippen LogP contribution >= 0.6 is 15.9 Å². The SMILES string of the molecule is O=C(N[C@@H](CC1CC(Br)=NO1)C(=O)OCc1ccccc1)OCc1ccccc1. The Morgan fingerprint density at radius 2 is 1.62 bits per heavy atom. The first-order valence-corrected chi connectivity index (χ1v) is 9.95. The van der Waals surface area contributed by atoms with Crippen LogP contribution in [0.1, 0.15) is 24.0 Å². The number of carbonyl (C=O) groups excluding carboxylic acids is 2. The van der Waals surface area contributed by atoms with E-state index in [1.165, 1.54) is 0 Å². The summed E-state index contributed by atoms with van der Waals surface area (Å²) in [6.07, 6.45) is -0.308.